The number of benzene rings is 2. The van der Waals surface area contributed by atoms with Crippen LogP contribution in [0.4, 0.5) is 0 Å². The highest BCUT2D eigenvalue weighted by molar-refractivity contribution is 6.30. The summed E-state index contributed by atoms with van der Waals surface area (Å²) in [5, 5.41) is 0.695. The number of imidazole rings is 1. The van der Waals surface area contributed by atoms with Gasteiger partial charge >= 0.3 is 0 Å². The zero-order chi connectivity index (χ0) is 19.1. The second-order valence-corrected chi connectivity index (χ2v) is 6.99. The molecule has 0 saturated heterocycles. The molecule has 7 heteroatoms. The van der Waals surface area contributed by atoms with Gasteiger partial charge in [-0.1, -0.05) is 35.9 Å². The Balaban J connectivity index is 0.00000205. The molecular weight excluding hydrogens is 407 g/mol. The standard InChI is InChI=1S/C22H15ClN4O.ClH/c23-17-7-5-15(6-8-17)14-26-19-3-1-2-4-20(19)27-21(28)13-18(25-22(26)27)16-9-11-24-12-10-16;/h1-13H,14H2;1H. The van der Waals surface area contributed by atoms with Crippen LogP contribution < -0.4 is 5.56 Å². The van der Waals surface area contributed by atoms with Crippen LogP contribution in [0.15, 0.2) is 83.9 Å². The molecule has 0 unspecified atom stereocenters. The summed E-state index contributed by atoms with van der Waals surface area (Å²) in [6, 6.07) is 20.8. The van der Waals surface area contributed by atoms with Crippen LogP contribution in [0.3, 0.4) is 0 Å². The van der Waals surface area contributed by atoms with Crippen molar-refractivity contribution >= 4 is 40.8 Å². The van der Waals surface area contributed by atoms with Crippen LogP contribution in [0, 0.1) is 0 Å². The Morgan fingerprint density at radius 2 is 1.59 bits per heavy atom. The van der Waals surface area contributed by atoms with Gasteiger partial charge in [0.15, 0.2) is 0 Å². The molecule has 0 bridgehead atoms. The molecule has 144 valence electrons. The van der Waals surface area contributed by atoms with Crippen molar-refractivity contribution in [1.29, 1.82) is 0 Å². The van der Waals surface area contributed by atoms with Gasteiger partial charge in [-0.15, -0.1) is 12.4 Å². The van der Waals surface area contributed by atoms with Gasteiger partial charge in [0.2, 0.25) is 5.78 Å². The third kappa shape index (κ3) is 3.39. The molecule has 0 atom stereocenters. The maximum absolute atomic E-state index is 13.0. The summed E-state index contributed by atoms with van der Waals surface area (Å²) >= 11 is 6.02. The lowest BCUT2D eigenvalue weighted by Gasteiger charge is -2.07. The monoisotopic (exact) mass is 422 g/mol. The Bertz CT molecular complexity index is 1360. The summed E-state index contributed by atoms with van der Waals surface area (Å²) in [6.45, 7) is 0.584. The molecule has 0 spiro atoms. The first-order valence-corrected chi connectivity index (χ1v) is 9.24. The van der Waals surface area contributed by atoms with Crippen LogP contribution in [0.25, 0.3) is 28.1 Å². The first-order valence-electron chi connectivity index (χ1n) is 8.86. The Hall–Kier alpha value is -3.15. The lowest BCUT2D eigenvalue weighted by Crippen LogP contribution is -2.14. The maximum Gasteiger partial charge on any atom is 0.260 e. The van der Waals surface area contributed by atoms with Gasteiger partial charge in [-0.3, -0.25) is 9.78 Å². The summed E-state index contributed by atoms with van der Waals surface area (Å²) in [5.41, 5.74) is 4.25. The van der Waals surface area contributed by atoms with Gasteiger partial charge in [-0.05, 0) is 42.0 Å². The average molecular weight is 423 g/mol. The van der Waals surface area contributed by atoms with Gasteiger partial charge in [-0.25, -0.2) is 9.38 Å². The fourth-order valence-electron chi connectivity index (χ4n) is 3.47. The molecule has 29 heavy (non-hydrogen) atoms. The molecule has 0 N–H and O–H groups in total. The number of pyridine rings is 1. The van der Waals surface area contributed by atoms with E-state index in [0.717, 1.165) is 22.2 Å². The summed E-state index contributed by atoms with van der Waals surface area (Å²) in [4.78, 5) is 21.8. The van der Waals surface area contributed by atoms with E-state index in [2.05, 4.69) is 9.55 Å². The lowest BCUT2D eigenvalue weighted by molar-refractivity contribution is 0.834. The van der Waals surface area contributed by atoms with E-state index in [9.17, 15) is 4.79 Å². The average Bonchev–Trinajstić information content (AvgIpc) is 3.04. The van der Waals surface area contributed by atoms with E-state index in [1.165, 1.54) is 0 Å². The fraction of sp³-hybridized carbons (Fsp3) is 0.0455. The number of aromatic nitrogens is 4. The van der Waals surface area contributed by atoms with Crippen molar-refractivity contribution in [1.82, 2.24) is 18.9 Å². The first-order chi connectivity index (χ1) is 13.7. The predicted molar refractivity (Wildman–Crippen MR) is 118 cm³/mol. The van der Waals surface area contributed by atoms with E-state index in [0.29, 0.717) is 23.0 Å². The highest BCUT2D eigenvalue weighted by atomic mass is 35.5. The highest BCUT2D eigenvalue weighted by Gasteiger charge is 2.15. The third-order valence-corrected chi connectivity index (χ3v) is 5.04. The topological polar surface area (TPSA) is 52.2 Å². The van der Waals surface area contributed by atoms with E-state index in [1.54, 1.807) is 22.9 Å². The number of fused-ring (bicyclic) bond motifs is 3. The van der Waals surface area contributed by atoms with Gasteiger partial charge in [0.05, 0.1) is 23.3 Å². The van der Waals surface area contributed by atoms with Crippen molar-refractivity contribution in [2.75, 3.05) is 0 Å². The maximum atomic E-state index is 13.0. The largest absolute Gasteiger partial charge is 0.305 e. The SMILES string of the molecule is Cl.O=c1cc(-c2ccncc2)nc2n(Cc3ccc(Cl)cc3)c3ccccc3n12. The number of hydrogen-bond donors (Lipinski definition) is 0. The summed E-state index contributed by atoms with van der Waals surface area (Å²) in [6.07, 6.45) is 3.39. The molecule has 0 radical (unpaired) electrons. The molecule has 2 aromatic carbocycles. The molecule has 3 aromatic heterocycles. The molecule has 0 saturated carbocycles. The van der Waals surface area contributed by atoms with Gasteiger partial charge in [0.1, 0.15) is 0 Å². The second kappa shape index (κ2) is 7.70. The smallest absolute Gasteiger partial charge is 0.260 e. The third-order valence-electron chi connectivity index (χ3n) is 4.79. The Morgan fingerprint density at radius 1 is 0.897 bits per heavy atom. The highest BCUT2D eigenvalue weighted by Crippen LogP contribution is 2.23. The number of nitrogens with zero attached hydrogens (tertiary/aromatic N) is 4. The Morgan fingerprint density at radius 3 is 2.31 bits per heavy atom. The van der Waals surface area contributed by atoms with Crippen molar-refractivity contribution in [3.63, 3.8) is 0 Å². The van der Waals surface area contributed by atoms with Crippen LogP contribution in [-0.2, 0) is 6.54 Å². The van der Waals surface area contributed by atoms with E-state index in [1.807, 2.05) is 60.7 Å². The normalized spacial score (nSPS) is 10.9. The number of rotatable bonds is 3. The summed E-state index contributed by atoms with van der Waals surface area (Å²) in [7, 11) is 0. The molecule has 5 nitrogen and oxygen atoms in total. The number of halogens is 2. The van der Waals surface area contributed by atoms with Crippen LogP contribution >= 0.6 is 24.0 Å². The van der Waals surface area contributed by atoms with Crippen LogP contribution in [0.2, 0.25) is 5.02 Å². The van der Waals surface area contributed by atoms with Crippen LogP contribution in [0.1, 0.15) is 5.56 Å². The van der Waals surface area contributed by atoms with Crippen molar-refractivity contribution in [3.8, 4) is 11.3 Å². The quantitative estimate of drug-likeness (QED) is 0.418. The zero-order valence-corrected chi connectivity index (χ0v) is 16.8. The zero-order valence-electron chi connectivity index (χ0n) is 15.2. The van der Waals surface area contributed by atoms with Crippen LogP contribution in [-0.4, -0.2) is 18.9 Å². The minimum absolute atomic E-state index is 0. The Kier molecular flexibility index (Phi) is 5.09. The van der Waals surface area contributed by atoms with E-state index in [-0.39, 0.29) is 18.0 Å². The van der Waals surface area contributed by atoms with Crippen molar-refractivity contribution < 1.29 is 0 Å². The van der Waals surface area contributed by atoms with E-state index < -0.39 is 0 Å². The number of para-hydroxylation sites is 2. The molecule has 0 fully saturated rings. The van der Waals surface area contributed by atoms with Gasteiger partial charge < -0.3 is 4.57 Å². The molecule has 0 aliphatic heterocycles. The lowest BCUT2D eigenvalue weighted by atomic mass is 10.2. The molecule has 0 aliphatic carbocycles. The molecule has 3 heterocycles. The number of hydrogen-bond acceptors (Lipinski definition) is 3. The minimum atomic E-state index is -0.108. The van der Waals surface area contributed by atoms with Gasteiger partial charge in [0.25, 0.3) is 5.56 Å². The molecule has 5 rings (SSSR count). The van der Waals surface area contributed by atoms with E-state index >= 15 is 0 Å². The summed E-state index contributed by atoms with van der Waals surface area (Å²) in [5.74, 6) is 0.607. The fourth-order valence-corrected chi connectivity index (χ4v) is 3.59. The molecule has 5 aromatic rings. The molecule has 0 aliphatic rings. The minimum Gasteiger partial charge on any atom is -0.305 e. The van der Waals surface area contributed by atoms with Gasteiger partial charge in [-0.2, -0.15) is 0 Å². The second-order valence-electron chi connectivity index (χ2n) is 6.55. The van der Waals surface area contributed by atoms with Crippen LogP contribution in [0.5, 0.6) is 0 Å². The summed E-state index contributed by atoms with van der Waals surface area (Å²) < 4.78 is 3.72. The predicted octanol–water partition coefficient (Wildman–Crippen LogP) is 4.83. The van der Waals surface area contributed by atoms with Crippen molar-refractivity contribution in [3.05, 3.63) is 100 Å². The van der Waals surface area contributed by atoms with Gasteiger partial charge in [0, 0.05) is 29.0 Å². The Labute approximate surface area is 177 Å². The van der Waals surface area contributed by atoms with Crippen molar-refractivity contribution in [2.24, 2.45) is 0 Å². The molecular formula is C22H16Cl2N4O. The van der Waals surface area contributed by atoms with E-state index in [4.69, 9.17) is 16.6 Å². The van der Waals surface area contributed by atoms with Crippen molar-refractivity contribution in [2.45, 2.75) is 6.54 Å². The first kappa shape index (κ1) is 19.2. The molecule has 0 amide bonds.